The molecule has 2 rings (SSSR count). The zero-order chi connectivity index (χ0) is 9.26. The number of ether oxygens (including phenoxy) is 1. The molecule has 1 aliphatic rings. The summed E-state index contributed by atoms with van der Waals surface area (Å²) in [5, 5.41) is 11.9. The van der Waals surface area contributed by atoms with Crippen LogP contribution in [-0.2, 0) is 11.3 Å². The largest absolute Gasteiger partial charge is 0.487 e. The van der Waals surface area contributed by atoms with Gasteiger partial charge in [-0.2, -0.15) is 0 Å². The van der Waals surface area contributed by atoms with Gasteiger partial charge >= 0.3 is 0 Å². The molecule has 66 valence electrons. The molecule has 13 heavy (non-hydrogen) atoms. The van der Waals surface area contributed by atoms with E-state index in [2.05, 4.69) is 11.7 Å². The number of allylic oxidation sites excluding steroid dienone is 1. The topological polar surface area (TPSA) is 41.8 Å². The van der Waals surface area contributed by atoms with Crippen LogP contribution in [0.1, 0.15) is 11.1 Å². The molecule has 0 aliphatic carbocycles. The predicted molar refractivity (Wildman–Crippen MR) is 48.7 cm³/mol. The van der Waals surface area contributed by atoms with Crippen LogP contribution in [-0.4, -0.2) is 10.9 Å². The maximum atomic E-state index is 8.76. The van der Waals surface area contributed by atoms with Crippen LogP contribution >= 0.6 is 0 Å². The van der Waals surface area contributed by atoms with Crippen LogP contribution in [0.2, 0.25) is 0 Å². The predicted octanol–water partition coefficient (Wildman–Crippen LogP) is 1.91. The summed E-state index contributed by atoms with van der Waals surface area (Å²) in [6.45, 7) is 4.15. The Bertz CT molecular complexity index is 382. The van der Waals surface area contributed by atoms with Gasteiger partial charge in [-0.15, -0.1) is 0 Å². The summed E-state index contributed by atoms with van der Waals surface area (Å²) in [5.41, 5.74) is 2.32. The van der Waals surface area contributed by atoms with Crippen LogP contribution in [0.3, 0.4) is 0 Å². The standard InChI is InChI=1S/C10H9NO2/c1-7-10(11-12)9-5-3-2-4-8(9)6-13-7/h2-5,12H,1,6H2/b11-10-. The summed E-state index contributed by atoms with van der Waals surface area (Å²) in [7, 11) is 0. The lowest BCUT2D eigenvalue weighted by atomic mass is 10.0. The smallest absolute Gasteiger partial charge is 0.151 e. The molecule has 0 saturated heterocycles. The van der Waals surface area contributed by atoms with Crippen molar-refractivity contribution in [3.8, 4) is 0 Å². The average Bonchev–Trinajstić information content (AvgIpc) is 2.18. The Balaban J connectivity index is 2.58. The van der Waals surface area contributed by atoms with Crippen molar-refractivity contribution in [2.45, 2.75) is 6.61 Å². The minimum absolute atomic E-state index is 0.418. The summed E-state index contributed by atoms with van der Waals surface area (Å²) in [6.07, 6.45) is 0. The first-order valence-electron chi connectivity index (χ1n) is 3.95. The fraction of sp³-hybridized carbons (Fsp3) is 0.100. The lowest BCUT2D eigenvalue weighted by Crippen LogP contribution is -2.16. The highest BCUT2D eigenvalue weighted by molar-refractivity contribution is 6.12. The van der Waals surface area contributed by atoms with E-state index in [1.165, 1.54) is 0 Å². The molecule has 0 saturated carbocycles. The van der Waals surface area contributed by atoms with Gasteiger partial charge in [0.05, 0.1) is 0 Å². The molecule has 0 radical (unpaired) electrons. The van der Waals surface area contributed by atoms with Gasteiger partial charge in [0.2, 0.25) is 0 Å². The Morgan fingerprint density at radius 3 is 2.92 bits per heavy atom. The van der Waals surface area contributed by atoms with E-state index in [0.29, 0.717) is 18.1 Å². The Morgan fingerprint density at radius 2 is 2.15 bits per heavy atom. The molecule has 0 unspecified atom stereocenters. The zero-order valence-electron chi connectivity index (χ0n) is 7.03. The molecule has 3 heteroatoms. The average molecular weight is 175 g/mol. The van der Waals surface area contributed by atoms with Gasteiger partial charge in [0.15, 0.2) is 5.71 Å². The first-order valence-corrected chi connectivity index (χ1v) is 3.95. The van der Waals surface area contributed by atoms with Crippen LogP contribution in [0, 0.1) is 0 Å². The molecule has 3 nitrogen and oxygen atoms in total. The second-order valence-electron chi connectivity index (χ2n) is 2.82. The van der Waals surface area contributed by atoms with E-state index in [4.69, 9.17) is 9.94 Å². The summed E-state index contributed by atoms with van der Waals surface area (Å²) < 4.78 is 5.22. The van der Waals surface area contributed by atoms with E-state index in [-0.39, 0.29) is 0 Å². The van der Waals surface area contributed by atoms with Gasteiger partial charge in [-0.25, -0.2) is 0 Å². The molecule has 1 aromatic carbocycles. The van der Waals surface area contributed by atoms with Crippen molar-refractivity contribution in [2.24, 2.45) is 5.16 Å². The van der Waals surface area contributed by atoms with Crippen LogP contribution < -0.4 is 0 Å². The van der Waals surface area contributed by atoms with E-state index >= 15 is 0 Å². The normalized spacial score (nSPS) is 18.2. The van der Waals surface area contributed by atoms with Crippen LogP contribution in [0.25, 0.3) is 0 Å². The lowest BCUT2D eigenvalue weighted by Gasteiger charge is -2.19. The molecule has 1 N–H and O–H groups in total. The van der Waals surface area contributed by atoms with Gasteiger partial charge < -0.3 is 9.94 Å². The maximum absolute atomic E-state index is 8.76. The number of nitrogens with zero attached hydrogens (tertiary/aromatic N) is 1. The Kier molecular flexibility index (Phi) is 1.77. The van der Waals surface area contributed by atoms with Gasteiger partial charge in [0.25, 0.3) is 0 Å². The molecule has 1 heterocycles. The SMILES string of the molecule is C=C1OCc2ccccc2/C1=N\O. The van der Waals surface area contributed by atoms with E-state index < -0.39 is 0 Å². The second kappa shape index (κ2) is 2.94. The number of hydrogen-bond acceptors (Lipinski definition) is 3. The van der Waals surface area contributed by atoms with Gasteiger partial charge in [-0.05, 0) is 5.56 Å². The first kappa shape index (κ1) is 7.86. The third-order valence-corrected chi connectivity index (χ3v) is 2.04. The molecule has 0 spiro atoms. The first-order chi connectivity index (χ1) is 6.33. The monoisotopic (exact) mass is 175 g/mol. The summed E-state index contributed by atoms with van der Waals surface area (Å²) in [6, 6.07) is 7.64. The van der Waals surface area contributed by atoms with Crippen LogP contribution in [0.5, 0.6) is 0 Å². The van der Waals surface area contributed by atoms with Crippen molar-refractivity contribution >= 4 is 5.71 Å². The van der Waals surface area contributed by atoms with E-state index in [9.17, 15) is 0 Å². The van der Waals surface area contributed by atoms with Gasteiger partial charge in [-0.1, -0.05) is 36.0 Å². The minimum atomic E-state index is 0.418. The third-order valence-electron chi connectivity index (χ3n) is 2.04. The summed E-state index contributed by atoms with van der Waals surface area (Å²) in [4.78, 5) is 0. The van der Waals surface area contributed by atoms with Crippen molar-refractivity contribution in [1.29, 1.82) is 0 Å². The number of hydrogen-bond donors (Lipinski definition) is 1. The van der Waals surface area contributed by atoms with E-state index in [0.717, 1.165) is 11.1 Å². The summed E-state index contributed by atoms with van der Waals surface area (Å²) >= 11 is 0. The van der Waals surface area contributed by atoms with Crippen molar-refractivity contribution in [1.82, 2.24) is 0 Å². The van der Waals surface area contributed by atoms with Gasteiger partial charge in [0, 0.05) is 5.56 Å². The second-order valence-corrected chi connectivity index (χ2v) is 2.82. The van der Waals surface area contributed by atoms with Gasteiger partial charge in [0.1, 0.15) is 12.4 Å². The third kappa shape index (κ3) is 1.18. The molecule has 1 aromatic rings. The molecular formula is C10H9NO2. The number of rotatable bonds is 0. The van der Waals surface area contributed by atoms with E-state index in [1.54, 1.807) is 0 Å². The number of oxime groups is 1. The summed E-state index contributed by atoms with van der Waals surface area (Å²) in [5.74, 6) is 0.418. The fourth-order valence-corrected chi connectivity index (χ4v) is 1.37. The molecule has 0 fully saturated rings. The van der Waals surface area contributed by atoms with Crippen molar-refractivity contribution < 1.29 is 9.94 Å². The highest BCUT2D eigenvalue weighted by Gasteiger charge is 2.19. The Morgan fingerprint density at radius 1 is 1.38 bits per heavy atom. The van der Waals surface area contributed by atoms with Crippen LogP contribution in [0.15, 0.2) is 41.8 Å². The van der Waals surface area contributed by atoms with Crippen LogP contribution in [0.4, 0.5) is 0 Å². The molecule has 0 atom stereocenters. The highest BCUT2D eigenvalue weighted by Crippen LogP contribution is 2.21. The minimum Gasteiger partial charge on any atom is -0.487 e. The maximum Gasteiger partial charge on any atom is 0.151 e. The quantitative estimate of drug-likeness (QED) is 0.483. The van der Waals surface area contributed by atoms with Crippen molar-refractivity contribution in [3.05, 3.63) is 47.7 Å². The van der Waals surface area contributed by atoms with Crippen molar-refractivity contribution in [2.75, 3.05) is 0 Å². The molecule has 0 bridgehead atoms. The molecule has 0 amide bonds. The lowest BCUT2D eigenvalue weighted by molar-refractivity contribution is 0.209. The molecular weight excluding hydrogens is 166 g/mol. The molecule has 1 aliphatic heterocycles. The highest BCUT2D eigenvalue weighted by atomic mass is 16.5. The number of fused-ring (bicyclic) bond motifs is 1. The molecule has 0 aromatic heterocycles. The van der Waals surface area contributed by atoms with Crippen molar-refractivity contribution in [3.63, 3.8) is 0 Å². The Hall–Kier alpha value is -1.77. The number of benzene rings is 1. The van der Waals surface area contributed by atoms with E-state index in [1.807, 2.05) is 24.3 Å². The zero-order valence-corrected chi connectivity index (χ0v) is 7.03. The Labute approximate surface area is 76.0 Å². The van der Waals surface area contributed by atoms with Gasteiger partial charge in [-0.3, -0.25) is 0 Å². The fourth-order valence-electron chi connectivity index (χ4n) is 1.37.